The minimum Gasteiger partial charge on any atom is -0.478 e. The number of aromatic nitrogens is 2. The SMILES string of the molecule is O=C(O)/C=C/c1cc2c(cc1F)c(F)nn2PI. The molecule has 18 heavy (non-hydrogen) atoms. The fourth-order valence-electron chi connectivity index (χ4n) is 1.47. The number of carbonyl (C=O) groups is 1. The summed E-state index contributed by atoms with van der Waals surface area (Å²) in [6.45, 7) is 0. The van der Waals surface area contributed by atoms with Crippen molar-refractivity contribution in [3.05, 3.63) is 35.5 Å². The van der Waals surface area contributed by atoms with Gasteiger partial charge in [-0.05, 0) is 40.2 Å². The summed E-state index contributed by atoms with van der Waals surface area (Å²) in [6, 6.07) is 2.40. The second-order valence-electron chi connectivity index (χ2n) is 3.35. The number of aliphatic carboxylic acids is 1. The molecule has 2 rings (SSSR count). The van der Waals surface area contributed by atoms with Crippen molar-refractivity contribution in [3.8, 4) is 0 Å². The molecule has 1 atom stereocenters. The number of nitrogens with zero attached hydrogens (tertiary/aromatic N) is 2. The minimum atomic E-state index is -1.18. The molecule has 1 heterocycles. The van der Waals surface area contributed by atoms with Crippen molar-refractivity contribution in [2.24, 2.45) is 0 Å². The van der Waals surface area contributed by atoms with Gasteiger partial charge < -0.3 is 5.11 Å². The molecule has 8 heteroatoms. The lowest BCUT2D eigenvalue weighted by Gasteiger charge is -2.00. The molecule has 4 nitrogen and oxygen atoms in total. The Kier molecular flexibility index (Phi) is 3.91. The van der Waals surface area contributed by atoms with Crippen molar-refractivity contribution in [3.63, 3.8) is 0 Å². The van der Waals surface area contributed by atoms with Crippen LogP contribution in [0.3, 0.4) is 0 Å². The first kappa shape index (κ1) is 13.4. The molecule has 1 N–H and O–H groups in total. The average molecular weight is 382 g/mol. The summed E-state index contributed by atoms with van der Waals surface area (Å²) in [7, 11) is 0. The molecule has 94 valence electrons. The first-order valence-corrected chi connectivity index (χ1v) is 8.74. The first-order valence-electron chi connectivity index (χ1n) is 4.68. The van der Waals surface area contributed by atoms with Gasteiger partial charge in [0.25, 0.3) is 0 Å². The zero-order chi connectivity index (χ0) is 13.3. The molecule has 0 aliphatic rings. The molecule has 0 aliphatic heterocycles. The van der Waals surface area contributed by atoms with E-state index in [1.165, 1.54) is 10.5 Å². The van der Waals surface area contributed by atoms with Crippen molar-refractivity contribution in [2.75, 3.05) is 0 Å². The Bertz CT molecular complexity index is 657. The van der Waals surface area contributed by atoms with E-state index in [-0.39, 0.29) is 17.3 Å². The number of benzene rings is 1. The van der Waals surface area contributed by atoms with Crippen molar-refractivity contribution in [1.82, 2.24) is 9.55 Å². The quantitative estimate of drug-likeness (QED) is 0.504. The van der Waals surface area contributed by atoms with E-state index in [0.29, 0.717) is 5.52 Å². The maximum atomic E-state index is 13.6. The fraction of sp³-hybridized carbons (Fsp3) is 0. The van der Waals surface area contributed by atoms with E-state index in [0.717, 1.165) is 18.2 Å². The molecular formula is C10H6F2IN2O2P. The van der Waals surface area contributed by atoms with Crippen LogP contribution in [0.5, 0.6) is 0 Å². The highest BCUT2D eigenvalue weighted by Gasteiger charge is 2.13. The Morgan fingerprint density at radius 3 is 2.83 bits per heavy atom. The first-order chi connectivity index (χ1) is 8.52. The molecular weight excluding hydrogens is 376 g/mol. The average Bonchev–Trinajstić information content (AvgIpc) is 2.63. The number of carboxylic acid groups (broad SMARTS) is 1. The van der Waals surface area contributed by atoms with E-state index in [1.54, 1.807) is 0 Å². The molecule has 0 spiro atoms. The van der Waals surface area contributed by atoms with Crippen molar-refractivity contribution < 1.29 is 18.7 Å². The Hall–Kier alpha value is -1.08. The zero-order valence-corrected chi connectivity index (χ0v) is 11.9. The topological polar surface area (TPSA) is 55.1 Å². The molecule has 0 saturated carbocycles. The standard InChI is InChI=1S/C10H6F2IN2O2P/c11-7-4-6-8(15(18-13)14-10(6)12)3-5(7)1-2-9(16)17/h1-4,18H,(H,16,17)/b2-1+. The van der Waals surface area contributed by atoms with Crippen LogP contribution < -0.4 is 0 Å². The second kappa shape index (κ2) is 5.27. The molecule has 2 aromatic rings. The Labute approximate surface area is 115 Å². The van der Waals surface area contributed by atoms with Gasteiger partial charge in [-0.15, -0.1) is 5.10 Å². The van der Waals surface area contributed by atoms with Gasteiger partial charge in [-0.3, -0.25) is 0 Å². The van der Waals surface area contributed by atoms with E-state index in [9.17, 15) is 13.6 Å². The lowest BCUT2D eigenvalue weighted by atomic mass is 10.1. The van der Waals surface area contributed by atoms with Crippen LogP contribution in [0.25, 0.3) is 17.0 Å². The third-order valence-corrected chi connectivity index (χ3v) is 4.11. The predicted molar refractivity (Wildman–Crippen MR) is 74.1 cm³/mol. The summed E-state index contributed by atoms with van der Waals surface area (Å²) in [5.41, 5.74) is 0.521. The van der Waals surface area contributed by atoms with E-state index in [2.05, 4.69) is 5.10 Å². The number of hydrogen-bond donors (Lipinski definition) is 1. The third-order valence-electron chi connectivity index (χ3n) is 2.24. The summed E-state index contributed by atoms with van der Waals surface area (Å²) in [4.78, 5) is 10.4. The Morgan fingerprint density at radius 1 is 1.50 bits per heavy atom. The van der Waals surface area contributed by atoms with Crippen LogP contribution in [0.15, 0.2) is 18.2 Å². The van der Waals surface area contributed by atoms with Gasteiger partial charge in [0, 0.05) is 11.6 Å². The van der Waals surface area contributed by atoms with Crippen LogP contribution in [-0.4, -0.2) is 20.6 Å². The van der Waals surface area contributed by atoms with Crippen molar-refractivity contribution in [1.29, 1.82) is 0 Å². The number of hydrogen-bond acceptors (Lipinski definition) is 2. The minimum absolute atomic E-state index is 0.0840. The Morgan fingerprint density at radius 2 is 2.22 bits per heavy atom. The third kappa shape index (κ3) is 2.51. The van der Waals surface area contributed by atoms with Crippen LogP contribution in [0.4, 0.5) is 8.78 Å². The van der Waals surface area contributed by atoms with Crippen molar-refractivity contribution >= 4 is 51.4 Å². The van der Waals surface area contributed by atoms with Gasteiger partial charge in [0.15, 0.2) is 0 Å². The van der Waals surface area contributed by atoms with Gasteiger partial charge in [0.1, 0.15) is 5.82 Å². The van der Waals surface area contributed by atoms with E-state index in [4.69, 9.17) is 5.11 Å². The molecule has 0 saturated heterocycles. The van der Waals surface area contributed by atoms with Gasteiger partial charge in [-0.2, -0.15) is 4.39 Å². The van der Waals surface area contributed by atoms with E-state index < -0.39 is 17.7 Å². The molecule has 0 aliphatic carbocycles. The summed E-state index contributed by atoms with van der Waals surface area (Å²) >= 11 is 2.02. The van der Waals surface area contributed by atoms with Gasteiger partial charge in [0.2, 0.25) is 5.95 Å². The number of fused-ring (bicyclic) bond motifs is 1. The lowest BCUT2D eigenvalue weighted by Crippen LogP contribution is -1.89. The molecule has 1 unspecified atom stereocenters. The highest BCUT2D eigenvalue weighted by atomic mass is 127. The largest absolute Gasteiger partial charge is 0.478 e. The van der Waals surface area contributed by atoms with Crippen LogP contribution in [0.2, 0.25) is 0 Å². The smallest absolute Gasteiger partial charge is 0.328 e. The monoisotopic (exact) mass is 382 g/mol. The predicted octanol–water partition coefficient (Wildman–Crippen LogP) is 3.20. The number of carboxylic acids is 1. The number of halogens is 3. The van der Waals surface area contributed by atoms with Crippen molar-refractivity contribution in [2.45, 2.75) is 0 Å². The normalized spacial score (nSPS) is 12.2. The van der Waals surface area contributed by atoms with Gasteiger partial charge in [0.05, 0.1) is 17.3 Å². The van der Waals surface area contributed by atoms with Crippen LogP contribution >= 0.6 is 28.4 Å². The van der Waals surface area contributed by atoms with Gasteiger partial charge >= 0.3 is 5.97 Å². The molecule has 0 fully saturated rings. The summed E-state index contributed by atoms with van der Waals surface area (Å²) in [6.07, 6.45) is 2.12. The fourth-order valence-corrected chi connectivity index (χ4v) is 2.97. The van der Waals surface area contributed by atoms with E-state index in [1.807, 2.05) is 22.0 Å². The number of rotatable bonds is 3. The van der Waals surface area contributed by atoms with Gasteiger partial charge in [-0.25, -0.2) is 13.6 Å². The molecule has 1 aromatic heterocycles. The summed E-state index contributed by atoms with van der Waals surface area (Å²) in [5.74, 6) is -2.60. The lowest BCUT2D eigenvalue weighted by molar-refractivity contribution is -0.131. The molecule has 0 radical (unpaired) electrons. The second-order valence-corrected chi connectivity index (χ2v) is 5.39. The van der Waals surface area contributed by atoms with Crippen LogP contribution in [0.1, 0.15) is 5.56 Å². The summed E-state index contributed by atoms with van der Waals surface area (Å²) < 4.78 is 28.4. The zero-order valence-electron chi connectivity index (χ0n) is 8.69. The maximum Gasteiger partial charge on any atom is 0.328 e. The summed E-state index contributed by atoms with van der Waals surface area (Å²) in [5, 5.41) is 12.2. The molecule has 1 aromatic carbocycles. The molecule has 0 bridgehead atoms. The molecule has 0 amide bonds. The maximum absolute atomic E-state index is 13.6. The highest BCUT2D eigenvalue weighted by molar-refractivity contribution is 14.2. The van der Waals surface area contributed by atoms with Gasteiger partial charge in [-0.1, -0.05) is 0 Å². The van der Waals surface area contributed by atoms with Crippen LogP contribution in [0, 0.1) is 11.8 Å². The van der Waals surface area contributed by atoms with Crippen LogP contribution in [-0.2, 0) is 4.79 Å². The van der Waals surface area contributed by atoms with E-state index >= 15 is 0 Å². The highest BCUT2D eigenvalue weighted by Crippen LogP contribution is 2.31. The Balaban J connectivity index is 2.63.